The smallest absolute Gasteiger partial charge is 0.220 e. The van der Waals surface area contributed by atoms with Gasteiger partial charge in [-0.05, 0) is 13.2 Å². The molecule has 0 aromatic carbocycles. The van der Waals surface area contributed by atoms with Crippen LogP contribution in [-0.4, -0.2) is 506 Å². The quantitative estimate of drug-likeness (QED) is 0.0842. The van der Waals surface area contributed by atoms with Gasteiger partial charge in [0.1, 0.15) is 5.78 Å². The van der Waals surface area contributed by atoms with Crippen LogP contribution < -0.4 is 5.32 Å². The van der Waals surface area contributed by atoms with Gasteiger partial charge < -0.3 is 176 Å². The lowest BCUT2D eigenvalue weighted by atomic mass is 10.3. The summed E-state index contributed by atoms with van der Waals surface area (Å²) >= 11 is 1.65. The minimum atomic E-state index is 0.0505. The molecule has 0 heterocycles. The van der Waals surface area contributed by atoms with Gasteiger partial charge in [0.2, 0.25) is 5.91 Å². The minimum Gasteiger partial charge on any atom is -0.379 e. The predicted octanol–water partition coefficient (Wildman–Crippen LogP) is 1.43. The molecular weight excluding hydrogens is 1610 g/mol. The molecular formula is C80H159NO38S. The SMILES string of the molecule is CSCCC(=O)NCCOCCOCCOCCOCCOCCOCCOCCOCCOCCOCCOCCOCCOCCOCCOCCOCCOCCOCCOCCOCCOCCOCCOCCOCCOCCOCCOCCOCCOCCOCCOCCOCCOCCOCCOCCOCCC(C)=O. The molecule has 0 unspecified atom stereocenters. The summed E-state index contributed by atoms with van der Waals surface area (Å²) in [7, 11) is 0. The zero-order chi connectivity index (χ0) is 85.8. The van der Waals surface area contributed by atoms with Crippen molar-refractivity contribution in [2.45, 2.75) is 19.8 Å². The summed E-state index contributed by atoms with van der Waals surface area (Å²) in [4.78, 5) is 22.3. The first-order chi connectivity index (χ1) is 59.7. The van der Waals surface area contributed by atoms with Crippen molar-refractivity contribution in [2.24, 2.45) is 0 Å². The number of nitrogens with one attached hydrogen (secondary N) is 1. The van der Waals surface area contributed by atoms with Gasteiger partial charge in [-0.3, -0.25) is 9.59 Å². The summed E-state index contributed by atoms with van der Waals surface area (Å²) < 4.78 is 199. The van der Waals surface area contributed by atoms with E-state index in [-0.39, 0.29) is 11.7 Å². The maximum absolute atomic E-state index is 11.5. The van der Waals surface area contributed by atoms with Crippen molar-refractivity contribution >= 4 is 23.5 Å². The highest BCUT2D eigenvalue weighted by molar-refractivity contribution is 7.98. The van der Waals surface area contributed by atoms with E-state index in [1.165, 1.54) is 0 Å². The molecule has 0 spiro atoms. The summed E-state index contributed by atoms with van der Waals surface area (Å²) in [6.45, 7) is 36.4. The van der Waals surface area contributed by atoms with Crippen LogP contribution in [0.1, 0.15) is 19.8 Å². The Morgan fingerprint density at radius 1 is 0.158 bits per heavy atom. The number of ether oxygens (including phenoxy) is 36. The number of carbonyl (C=O) groups excluding carboxylic acids is 2. The van der Waals surface area contributed by atoms with Crippen LogP contribution in [0.2, 0.25) is 0 Å². The second kappa shape index (κ2) is 113. The summed E-state index contributed by atoms with van der Waals surface area (Å²) in [5.41, 5.74) is 0. The Labute approximate surface area is 720 Å². The maximum atomic E-state index is 11.5. The predicted molar refractivity (Wildman–Crippen MR) is 441 cm³/mol. The first-order valence-corrected chi connectivity index (χ1v) is 44.1. The third-order valence-electron chi connectivity index (χ3n) is 14.7. The summed E-state index contributed by atoms with van der Waals surface area (Å²) in [5, 5.41) is 2.82. The molecule has 1 N–H and O–H groups in total. The van der Waals surface area contributed by atoms with Crippen LogP contribution in [0, 0.1) is 0 Å². The van der Waals surface area contributed by atoms with Gasteiger partial charge in [-0.25, -0.2) is 0 Å². The average Bonchev–Trinajstić information content (AvgIpc) is 1.16. The fourth-order valence-corrected chi connectivity index (χ4v) is 8.95. The number of hydrogen-bond acceptors (Lipinski definition) is 39. The molecule has 0 saturated carbocycles. The zero-order valence-corrected chi connectivity index (χ0v) is 74.0. The number of Topliss-reactive ketones (excluding diaryl/α,β-unsaturated/α-hetero) is 1. The highest BCUT2D eigenvalue weighted by Gasteiger charge is 2.06. The Bertz CT molecular complexity index is 1830. The lowest BCUT2D eigenvalue weighted by Crippen LogP contribution is -2.27. The van der Waals surface area contributed by atoms with Gasteiger partial charge in [-0.1, -0.05) is 0 Å². The van der Waals surface area contributed by atoms with E-state index in [0.717, 1.165) is 5.75 Å². The van der Waals surface area contributed by atoms with Crippen LogP contribution in [0.3, 0.4) is 0 Å². The molecule has 0 aliphatic heterocycles. The van der Waals surface area contributed by atoms with Crippen LogP contribution >= 0.6 is 11.8 Å². The van der Waals surface area contributed by atoms with E-state index in [4.69, 9.17) is 171 Å². The Balaban J connectivity index is 3.10. The van der Waals surface area contributed by atoms with Crippen molar-refractivity contribution in [3.63, 3.8) is 0 Å². The molecule has 0 aliphatic rings. The second-order valence-corrected chi connectivity index (χ2v) is 25.6. The van der Waals surface area contributed by atoms with E-state index >= 15 is 0 Å². The highest BCUT2D eigenvalue weighted by Crippen LogP contribution is 1.97. The lowest BCUT2D eigenvalue weighted by Gasteiger charge is -2.09. The van der Waals surface area contributed by atoms with E-state index in [0.29, 0.717) is 495 Å². The monoisotopic (exact) mass is 1770 g/mol. The van der Waals surface area contributed by atoms with E-state index in [2.05, 4.69) is 5.32 Å². The number of carbonyl (C=O) groups is 2. The topological polar surface area (TPSA) is 378 Å². The molecule has 120 heavy (non-hydrogen) atoms. The van der Waals surface area contributed by atoms with Crippen molar-refractivity contribution in [3.8, 4) is 0 Å². The standard InChI is InChI=1S/C80H159NO38S/c1-79(82)3-6-84-8-10-86-12-14-88-16-18-90-20-22-92-24-26-94-28-30-96-32-34-98-36-38-100-40-42-102-44-46-104-48-50-106-52-54-108-56-58-110-60-62-112-64-66-114-68-70-116-72-74-118-76-77-119-75-73-117-71-69-115-67-65-113-63-61-111-59-57-109-55-53-107-51-49-105-47-45-103-43-41-101-39-37-99-35-33-97-31-29-95-27-25-93-23-21-91-19-17-89-15-13-87-11-9-85-7-5-81-80(83)4-78-120-2/h3-78H2,1-2H3,(H,81,83). The molecule has 0 bridgehead atoms. The molecule has 0 fully saturated rings. The van der Waals surface area contributed by atoms with Crippen molar-refractivity contribution in [1.82, 2.24) is 5.32 Å². The van der Waals surface area contributed by atoms with Gasteiger partial charge in [-0.15, -0.1) is 0 Å². The third-order valence-corrected chi connectivity index (χ3v) is 15.3. The first-order valence-electron chi connectivity index (χ1n) is 42.7. The number of ketones is 1. The average molecular weight is 1780 g/mol. The first kappa shape index (κ1) is 118. The van der Waals surface area contributed by atoms with Crippen LogP contribution in [0.4, 0.5) is 0 Å². The van der Waals surface area contributed by atoms with Crippen LogP contribution in [0.15, 0.2) is 0 Å². The molecule has 39 nitrogen and oxygen atoms in total. The van der Waals surface area contributed by atoms with Gasteiger partial charge >= 0.3 is 0 Å². The Hall–Kier alpha value is -1.95. The molecule has 0 aromatic rings. The molecule has 0 aliphatic carbocycles. The molecule has 0 atom stereocenters. The molecule has 0 rings (SSSR count). The van der Waals surface area contributed by atoms with Crippen LogP contribution in [0.25, 0.3) is 0 Å². The minimum absolute atomic E-state index is 0.0505. The number of amides is 1. The number of thioether (sulfide) groups is 1. The normalized spacial score (nSPS) is 11.8. The van der Waals surface area contributed by atoms with Crippen LogP contribution in [0.5, 0.6) is 0 Å². The Kier molecular flexibility index (Phi) is 111. The van der Waals surface area contributed by atoms with E-state index < -0.39 is 0 Å². The van der Waals surface area contributed by atoms with Crippen molar-refractivity contribution in [3.05, 3.63) is 0 Å². The highest BCUT2D eigenvalue weighted by atomic mass is 32.2. The van der Waals surface area contributed by atoms with E-state index in [9.17, 15) is 9.59 Å². The van der Waals surface area contributed by atoms with E-state index in [1.807, 2.05) is 6.26 Å². The fraction of sp³-hybridized carbons (Fsp3) is 0.975. The molecule has 0 radical (unpaired) electrons. The largest absolute Gasteiger partial charge is 0.379 e. The summed E-state index contributed by atoms with van der Waals surface area (Å²) in [5.74, 6) is 0.992. The third kappa shape index (κ3) is 114. The Morgan fingerprint density at radius 2 is 0.258 bits per heavy atom. The number of hydrogen-bond donors (Lipinski definition) is 1. The molecule has 0 saturated heterocycles. The van der Waals surface area contributed by atoms with Crippen LogP contribution in [-0.2, 0) is 180 Å². The van der Waals surface area contributed by atoms with Gasteiger partial charge in [-0.2, -0.15) is 11.8 Å². The summed E-state index contributed by atoms with van der Waals surface area (Å²) in [6.07, 6.45) is 2.94. The van der Waals surface area contributed by atoms with Gasteiger partial charge in [0.05, 0.1) is 476 Å². The second-order valence-electron chi connectivity index (χ2n) is 24.6. The lowest BCUT2D eigenvalue weighted by molar-refractivity contribution is -0.121. The van der Waals surface area contributed by atoms with Crippen molar-refractivity contribution in [2.75, 3.05) is 494 Å². The van der Waals surface area contributed by atoms with Gasteiger partial charge in [0, 0.05) is 25.1 Å². The van der Waals surface area contributed by atoms with E-state index in [1.54, 1.807) is 18.7 Å². The molecule has 1 amide bonds. The summed E-state index contributed by atoms with van der Waals surface area (Å²) in [6, 6.07) is 0. The molecule has 718 valence electrons. The van der Waals surface area contributed by atoms with Crippen molar-refractivity contribution < 1.29 is 180 Å². The van der Waals surface area contributed by atoms with Crippen molar-refractivity contribution in [1.29, 1.82) is 0 Å². The maximum Gasteiger partial charge on any atom is 0.220 e. The Morgan fingerprint density at radius 3 is 0.358 bits per heavy atom. The molecule has 0 aromatic heterocycles. The number of rotatable bonds is 114. The zero-order valence-electron chi connectivity index (χ0n) is 73.2. The van der Waals surface area contributed by atoms with Gasteiger partial charge in [0.15, 0.2) is 0 Å². The fourth-order valence-electron chi connectivity index (χ4n) is 8.56. The van der Waals surface area contributed by atoms with Gasteiger partial charge in [0.25, 0.3) is 0 Å². The molecule has 40 heteroatoms.